The van der Waals surface area contributed by atoms with Gasteiger partial charge < -0.3 is 5.11 Å². The molecular formula is C12H10ClNO2. The highest BCUT2D eigenvalue weighted by Gasteiger charge is 2.14. The Morgan fingerprint density at radius 3 is 2.56 bits per heavy atom. The lowest BCUT2D eigenvalue weighted by Crippen LogP contribution is -2.01. The summed E-state index contributed by atoms with van der Waals surface area (Å²) >= 11 is 5.82. The second-order valence-corrected chi connectivity index (χ2v) is 4.11. The van der Waals surface area contributed by atoms with Crippen molar-refractivity contribution in [1.29, 1.82) is 0 Å². The second-order valence-electron chi connectivity index (χ2n) is 3.72. The lowest BCUT2D eigenvalue weighted by atomic mass is 10.0. The van der Waals surface area contributed by atoms with Crippen LogP contribution in [0.3, 0.4) is 0 Å². The summed E-state index contributed by atoms with van der Waals surface area (Å²) in [4.78, 5) is 15.3. The van der Waals surface area contributed by atoms with E-state index >= 15 is 0 Å². The number of carboxylic acids is 1. The van der Waals surface area contributed by atoms with Crippen LogP contribution in [0.25, 0.3) is 10.9 Å². The summed E-state index contributed by atoms with van der Waals surface area (Å²) < 4.78 is 0. The molecule has 0 aliphatic heterocycles. The Bertz CT molecular complexity index is 593. The summed E-state index contributed by atoms with van der Waals surface area (Å²) in [6.07, 6.45) is 0. The molecular weight excluding hydrogens is 226 g/mol. The van der Waals surface area contributed by atoms with Crippen molar-refractivity contribution in [3.8, 4) is 0 Å². The summed E-state index contributed by atoms with van der Waals surface area (Å²) in [5.74, 6) is -0.983. The van der Waals surface area contributed by atoms with Crippen molar-refractivity contribution in [1.82, 2.24) is 4.98 Å². The fraction of sp³-hybridized carbons (Fsp3) is 0.167. The number of pyridine rings is 1. The fourth-order valence-electron chi connectivity index (χ4n) is 1.78. The molecule has 1 N–H and O–H groups in total. The molecule has 2 rings (SSSR count). The summed E-state index contributed by atoms with van der Waals surface area (Å²) in [5.41, 5.74) is 2.67. The zero-order valence-corrected chi connectivity index (χ0v) is 9.67. The summed E-state index contributed by atoms with van der Waals surface area (Å²) in [6, 6.07) is 5.19. The number of aromatic nitrogens is 1. The minimum Gasteiger partial charge on any atom is -0.478 e. The Kier molecular flexibility index (Phi) is 2.56. The van der Waals surface area contributed by atoms with Crippen molar-refractivity contribution < 1.29 is 9.90 Å². The molecule has 0 saturated heterocycles. The molecule has 16 heavy (non-hydrogen) atoms. The topological polar surface area (TPSA) is 50.2 Å². The Hall–Kier alpha value is -1.61. The monoisotopic (exact) mass is 235 g/mol. The van der Waals surface area contributed by atoms with E-state index in [1.165, 1.54) is 6.07 Å². The number of fused-ring (bicyclic) bond motifs is 1. The zero-order valence-electron chi connectivity index (χ0n) is 8.91. The second kappa shape index (κ2) is 3.76. The van der Waals surface area contributed by atoms with Gasteiger partial charge in [0.15, 0.2) is 0 Å². The molecule has 82 valence electrons. The van der Waals surface area contributed by atoms with Gasteiger partial charge in [0.2, 0.25) is 0 Å². The zero-order chi connectivity index (χ0) is 11.9. The van der Waals surface area contributed by atoms with Gasteiger partial charge in [-0.25, -0.2) is 9.78 Å². The number of aryl methyl sites for hydroxylation is 2. The third kappa shape index (κ3) is 1.63. The van der Waals surface area contributed by atoms with Crippen LogP contribution in [0.5, 0.6) is 0 Å². The highest BCUT2D eigenvalue weighted by atomic mass is 35.5. The molecule has 4 heteroatoms. The number of carboxylic acid groups (broad SMARTS) is 1. The van der Waals surface area contributed by atoms with Gasteiger partial charge in [0.1, 0.15) is 5.15 Å². The molecule has 0 atom stereocenters. The van der Waals surface area contributed by atoms with Crippen molar-refractivity contribution in [3.05, 3.63) is 40.0 Å². The Labute approximate surface area is 97.7 Å². The Morgan fingerprint density at radius 2 is 1.94 bits per heavy atom. The van der Waals surface area contributed by atoms with Crippen LogP contribution >= 0.6 is 11.6 Å². The van der Waals surface area contributed by atoms with E-state index in [9.17, 15) is 4.79 Å². The number of hydrogen-bond acceptors (Lipinski definition) is 2. The van der Waals surface area contributed by atoms with E-state index < -0.39 is 5.97 Å². The fourth-order valence-corrected chi connectivity index (χ4v) is 1.97. The van der Waals surface area contributed by atoms with Crippen molar-refractivity contribution in [2.24, 2.45) is 0 Å². The van der Waals surface area contributed by atoms with E-state index in [2.05, 4.69) is 4.98 Å². The minimum atomic E-state index is -0.983. The first kappa shape index (κ1) is 10.9. The molecule has 1 aromatic heterocycles. The highest BCUT2D eigenvalue weighted by molar-refractivity contribution is 6.30. The van der Waals surface area contributed by atoms with Gasteiger partial charge in [-0.1, -0.05) is 23.7 Å². The van der Waals surface area contributed by atoms with Crippen LogP contribution in [0.1, 0.15) is 21.5 Å². The molecule has 3 nitrogen and oxygen atoms in total. The molecule has 0 saturated carbocycles. The van der Waals surface area contributed by atoms with Gasteiger partial charge in [-0.15, -0.1) is 0 Å². The molecule has 0 spiro atoms. The van der Waals surface area contributed by atoms with Crippen molar-refractivity contribution in [2.75, 3.05) is 0 Å². The van der Waals surface area contributed by atoms with Crippen LogP contribution in [0.15, 0.2) is 18.2 Å². The molecule has 1 heterocycles. The standard InChI is InChI=1S/C12H10ClNO2/c1-6-3-4-7(2)11-10(6)8(12(15)16)5-9(13)14-11/h3-5H,1-2H3,(H,15,16). The van der Waals surface area contributed by atoms with E-state index in [-0.39, 0.29) is 10.7 Å². The molecule has 0 aliphatic rings. The third-order valence-electron chi connectivity index (χ3n) is 2.57. The molecule has 0 aliphatic carbocycles. The summed E-state index contributed by atoms with van der Waals surface area (Å²) in [5, 5.41) is 10.0. The quantitative estimate of drug-likeness (QED) is 0.773. The first-order chi connectivity index (χ1) is 7.50. The first-order valence-electron chi connectivity index (χ1n) is 4.80. The number of nitrogens with zero attached hydrogens (tertiary/aromatic N) is 1. The third-order valence-corrected chi connectivity index (χ3v) is 2.76. The summed E-state index contributed by atoms with van der Waals surface area (Å²) in [7, 11) is 0. The van der Waals surface area contributed by atoms with Gasteiger partial charge in [-0.2, -0.15) is 0 Å². The van der Waals surface area contributed by atoms with E-state index in [4.69, 9.17) is 16.7 Å². The van der Waals surface area contributed by atoms with Crippen LogP contribution in [0.2, 0.25) is 5.15 Å². The molecule has 0 amide bonds. The van der Waals surface area contributed by atoms with Gasteiger partial charge >= 0.3 is 5.97 Å². The maximum Gasteiger partial charge on any atom is 0.336 e. The van der Waals surface area contributed by atoms with Crippen LogP contribution in [-0.4, -0.2) is 16.1 Å². The number of rotatable bonds is 1. The van der Waals surface area contributed by atoms with Gasteiger partial charge in [0.05, 0.1) is 11.1 Å². The van der Waals surface area contributed by atoms with Crippen molar-refractivity contribution in [2.45, 2.75) is 13.8 Å². The van der Waals surface area contributed by atoms with Crippen LogP contribution in [-0.2, 0) is 0 Å². The van der Waals surface area contributed by atoms with Gasteiger partial charge in [-0.05, 0) is 31.0 Å². The minimum absolute atomic E-state index is 0.205. The number of aromatic carboxylic acids is 1. The Morgan fingerprint density at radius 1 is 1.31 bits per heavy atom. The van der Waals surface area contributed by atoms with Crippen LogP contribution in [0.4, 0.5) is 0 Å². The maximum atomic E-state index is 11.1. The Balaban J connectivity index is 3.00. The lowest BCUT2D eigenvalue weighted by molar-refractivity contribution is 0.0699. The normalized spacial score (nSPS) is 10.7. The van der Waals surface area contributed by atoms with E-state index in [0.29, 0.717) is 10.9 Å². The first-order valence-corrected chi connectivity index (χ1v) is 5.18. The van der Waals surface area contributed by atoms with Gasteiger partial charge in [0, 0.05) is 5.39 Å². The van der Waals surface area contributed by atoms with E-state index in [0.717, 1.165) is 11.1 Å². The predicted octanol–water partition coefficient (Wildman–Crippen LogP) is 3.20. The summed E-state index contributed by atoms with van der Waals surface area (Å²) in [6.45, 7) is 3.75. The number of halogens is 1. The van der Waals surface area contributed by atoms with Crippen LogP contribution in [0, 0.1) is 13.8 Å². The molecule has 0 radical (unpaired) electrons. The molecule has 2 aromatic rings. The molecule has 0 fully saturated rings. The average Bonchev–Trinajstić information content (AvgIpc) is 2.22. The lowest BCUT2D eigenvalue weighted by Gasteiger charge is -2.08. The largest absolute Gasteiger partial charge is 0.478 e. The number of hydrogen-bond donors (Lipinski definition) is 1. The maximum absolute atomic E-state index is 11.1. The van der Waals surface area contributed by atoms with Crippen LogP contribution < -0.4 is 0 Å². The number of carbonyl (C=O) groups is 1. The SMILES string of the molecule is Cc1ccc(C)c2c(C(=O)O)cc(Cl)nc12. The van der Waals surface area contributed by atoms with Crippen molar-refractivity contribution in [3.63, 3.8) is 0 Å². The van der Waals surface area contributed by atoms with Gasteiger partial charge in [-0.3, -0.25) is 0 Å². The molecule has 0 bridgehead atoms. The highest BCUT2D eigenvalue weighted by Crippen LogP contribution is 2.26. The number of benzene rings is 1. The van der Waals surface area contributed by atoms with Gasteiger partial charge in [0.25, 0.3) is 0 Å². The molecule has 0 unspecified atom stereocenters. The predicted molar refractivity (Wildman–Crippen MR) is 63.2 cm³/mol. The smallest absolute Gasteiger partial charge is 0.336 e. The van der Waals surface area contributed by atoms with E-state index in [1.54, 1.807) is 0 Å². The molecule has 1 aromatic carbocycles. The average molecular weight is 236 g/mol. The van der Waals surface area contributed by atoms with Crippen molar-refractivity contribution >= 4 is 28.5 Å². The van der Waals surface area contributed by atoms with E-state index in [1.807, 2.05) is 26.0 Å².